The molecule has 1 heterocycles. The molecule has 0 unspecified atom stereocenters. The van der Waals surface area contributed by atoms with Crippen LogP contribution in [-0.4, -0.2) is 66.6 Å². The number of hydrogen-bond donors (Lipinski definition) is 1. The van der Waals surface area contributed by atoms with Gasteiger partial charge in [0, 0.05) is 12.6 Å². The molecule has 21 heavy (non-hydrogen) atoms. The molecule has 120 valence electrons. The number of piperidine rings is 1. The van der Waals surface area contributed by atoms with E-state index in [2.05, 4.69) is 5.32 Å². The van der Waals surface area contributed by atoms with Crippen molar-refractivity contribution in [2.45, 2.75) is 43.9 Å². The summed E-state index contributed by atoms with van der Waals surface area (Å²) < 4.78 is 37.3. The number of carbonyl (C=O) groups is 2. The zero-order valence-electron chi connectivity index (χ0n) is 11.9. The summed E-state index contributed by atoms with van der Waals surface area (Å²) in [6, 6.07) is -0.416. The van der Waals surface area contributed by atoms with Crippen LogP contribution < -0.4 is 5.32 Å². The molecule has 2 aliphatic rings. The van der Waals surface area contributed by atoms with Gasteiger partial charge in [-0.15, -0.1) is 0 Å². The largest absolute Gasteiger partial charge is 0.406 e. The summed E-state index contributed by atoms with van der Waals surface area (Å²) in [6.07, 6.45) is -1.45. The molecule has 1 saturated carbocycles. The minimum Gasteiger partial charge on any atom is -0.352 e. The van der Waals surface area contributed by atoms with E-state index in [0.717, 1.165) is 17.7 Å². The number of likely N-dealkylation sites (tertiary alicyclic amines) is 1. The number of halogens is 3. The van der Waals surface area contributed by atoms with Crippen molar-refractivity contribution in [1.82, 2.24) is 15.1 Å². The summed E-state index contributed by atoms with van der Waals surface area (Å²) >= 11 is 0. The zero-order chi connectivity index (χ0) is 15.6. The Morgan fingerprint density at radius 1 is 1.38 bits per heavy atom. The summed E-state index contributed by atoms with van der Waals surface area (Å²) in [7, 11) is 1.60. The highest BCUT2D eigenvalue weighted by Gasteiger charge is 2.39. The Morgan fingerprint density at radius 3 is 2.62 bits per heavy atom. The van der Waals surface area contributed by atoms with Crippen LogP contribution in [0.2, 0.25) is 0 Å². The maximum Gasteiger partial charge on any atom is 0.406 e. The monoisotopic (exact) mass is 307 g/mol. The van der Waals surface area contributed by atoms with E-state index in [9.17, 15) is 22.8 Å². The molecule has 0 bridgehead atoms. The zero-order valence-corrected chi connectivity index (χ0v) is 11.9. The smallest absolute Gasteiger partial charge is 0.352 e. The van der Waals surface area contributed by atoms with E-state index in [1.165, 1.54) is 0 Å². The number of likely N-dealkylation sites (N-methyl/N-ethyl adjacent to an activating group) is 1. The van der Waals surface area contributed by atoms with Crippen LogP contribution in [0, 0.1) is 0 Å². The fourth-order valence-electron chi connectivity index (χ4n) is 2.54. The van der Waals surface area contributed by atoms with Gasteiger partial charge in [-0.3, -0.25) is 14.5 Å². The lowest BCUT2D eigenvalue weighted by Crippen LogP contribution is -2.55. The maximum atomic E-state index is 12.4. The van der Waals surface area contributed by atoms with Gasteiger partial charge in [0.2, 0.25) is 11.8 Å². The predicted molar refractivity (Wildman–Crippen MR) is 69.5 cm³/mol. The van der Waals surface area contributed by atoms with Gasteiger partial charge in [0.1, 0.15) is 6.54 Å². The Hall–Kier alpha value is -1.31. The van der Waals surface area contributed by atoms with Crippen LogP contribution >= 0.6 is 0 Å². The minimum atomic E-state index is -4.39. The molecule has 1 saturated heterocycles. The molecule has 0 aromatic rings. The van der Waals surface area contributed by atoms with E-state index in [1.54, 1.807) is 11.9 Å². The molecule has 1 aliphatic carbocycles. The summed E-state index contributed by atoms with van der Waals surface area (Å²) in [4.78, 5) is 26.2. The summed E-state index contributed by atoms with van der Waals surface area (Å²) in [6.45, 7) is -1.06. The van der Waals surface area contributed by atoms with Crippen molar-refractivity contribution in [2.75, 3.05) is 26.7 Å². The molecule has 2 amide bonds. The van der Waals surface area contributed by atoms with E-state index >= 15 is 0 Å². The van der Waals surface area contributed by atoms with Crippen molar-refractivity contribution < 1.29 is 22.8 Å². The average Bonchev–Trinajstić information content (AvgIpc) is 3.13. The molecular weight excluding hydrogens is 287 g/mol. The molecule has 2 fully saturated rings. The summed E-state index contributed by atoms with van der Waals surface area (Å²) in [5.41, 5.74) is 0. The van der Waals surface area contributed by atoms with Crippen molar-refractivity contribution >= 4 is 11.8 Å². The molecule has 5 nitrogen and oxygen atoms in total. The number of nitrogens with one attached hydrogen (secondary N) is 1. The first-order valence-electron chi connectivity index (χ1n) is 7.11. The normalized spacial score (nSPS) is 23.6. The lowest BCUT2D eigenvalue weighted by molar-refractivity contribution is -0.167. The Balaban J connectivity index is 1.88. The first-order valence-corrected chi connectivity index (χ1v) is 7.11. The van der Waals surface area contributed by atoms with Crippen molar-refractivity contribution in [2.24, 2.45) is 0 Å². The number of hydrogen-bond acceptors (Lipinski definition) is 3. The van der Waals surface area contributed by atoms with E-state index in [-0.39, 0.29) is 25.0 Å². The lowest BCUT2D eigenvalue weighted by Gasteiger charge is -2.36. The first kappa shape index (κ1) is 16.1. The molecule has 0 radical (unpaired) electrons. The highest BCUT2D eigenvalue weighted by Crippen LogP contribution is 2.22. The van der Waals surface area contributed by atoms with Gasteiger partial charge in [0.15, 0.2) is 0 Å². The van der Waals surface area contributed by atoms with Crippen LogP contribution in [0.1, 0.15) is 25.7 Å². The third-order valence-electron chi connectivity index (χ3n) is 3.74. The second-order valence-corrected chi connectivity index (χ2v) is 5.79. The van der Waals surface area contributed by atoms with Crippen LogP contribution in [0.25, 0.3) is 0 Å². The van der Waals surface area contributed by atoms with Crippen molar-refractivity contribution in [3.63, 3.8) is 0 Å². The maximum absolute atomic E-state index is 12.4. The third-order valence-corrected chi connectivity index (χ3v) is 3.74. The minimum absolute atomic E-state index is 0.0345. The van der Waals surface area contributed by atoms with Gasteiger partial charge < -0.3 is 10.2 Å². The van der Waals surface area contributed by atoms with Gasteiger partial charge in [-0.2, -0.15) is 13.2 Å². The van der Waals surface area contributed by atoms with Crippen LogP contribution in [0.4, 0.5) is 13.2 Å². The van der Waals surface area contributed by atoms with Gasteiger partial charge in [0.05, 0.1) is 12.6 Å². The van der Waals surface area contributed by atoms with Gasteiger partial charge >= 0.3 is 6.18 Å². The van der Waals surface area contributed by atoms with Crippen molar-refractivity contribution in [3.8, 4) is 0 Å². The van der Waals surface area contributed by atoms with E-state index in [4.69, 9.17) is 0 Å². The lowest BCUT2D eigenvalue weighted by atomic mass is 10.0. The van der Waals surface area contributed by atoms with Crippen LogP contribution in [0.3, 0.4) is 0 Å². The van der Waals surface area contributed by atoms with E-state index in [1.807, 2.05) is 0 Å². The molecule has 1 N–H and O–H groups in total. The van der Waals surface area contributed by atoms with E-state index in [0.29, 0.717) is 12.8 Å². The molecule has 0 spiro atoms. The fourth-order valence-corrected chi connectivity index (χ4v) is 2.54. The highest BCUT2D eigenvalue weighted by atomic mass is 19.4. The fraction of sp³-hybridized carbons (Fsp3) is 0.846. The van der Waals surface area contributed by atoms with E-state index < -0.39 is 24.7 Å². The van der Waals surface area contributed by atoms with Gasteiger partial charge in [-0.1, -0.05) is 0 Å². The molecule has 1 atom stereocenters. The molecular formula is C13H20F3N3O2. The van der Waals surface area contributed by atoms with Crippen LogP contribution in [0.5, 0.6) is 0 Å². The number of alkyl halides is 3. The number of amides is 2. The average molecular weight is 307 g/mol. The molecule has 0 aromatic heterocycles. The molecule has 0 aromatic carbocycles. The Kier molecular flexibility index (Phi) is 4.75. The molecule has 1 aliphatic heterocycles. The predicted octanol–water partition coefficient (Wildman–Crippen LogP) is 0.750. The van der Waals surface area contributed by atoms with Crippen molar-refractivity contribution in [3.05, 3.63) is 0 Å². The topological polar surface area (TPSA) is 52.7 Å². The molecule has 8 heteroatoms. The SMILES string of the molecule is CN(CC(=O)NC1CC1)[C@@H]1CCCN(CC(F)(F)F)C1=O. The Labute approximate surface area is 121 Å². The number of rotatable bonds is 5. The second-order valence-electron chi connectivity index (χ2n) is 5.79. The van der Waals surface area contributed by atoms with Gasteiger partial charge in [0.25, 0.3) is 0 Å². The third kappa shape index (κ3) is 4.87. The Bertz CT molecular complexity index is 410. The number of carbonyl (C=O) groups excluding carboxylic acids is 2. The standard InChI is InChI=1S/C13H20F3N3O2/c1-18(7-11(20)17-9-4-5-9)10-3-2-6-19(12(10)21)8-13(14,15)16/h9-10H,2-8H2,1H3,(H,17,20)/t10-/m1/s1. The van der Waals surface area contributed by atoms with Crippen LogP contribution in [0.15, 0.2) is 0 Å². The Morgan fingerprint density at radius 2 is 2.05 bits per heavy atom. The van der Waals surface area contributed by atoms with Crippen LogP contribution in [-0.2, 0) is 9.59 Å². The first-order chi connectivity index (χ1) is 9.76. The van der Waals surface area contributed by atoms with Gasteiger partial charge in [-0.05, 0) is 32.7 Å². The quantitative estimate of drug-likeness (QED) is 0.815. The molecule has 2 rings (SSSR count). The van der Waals surface area contributed by atoms with Gasteiger partial charge in [-0.25, -0.2) is 0 Å². The van der Waals surface area contributed by atoms with Crippen molar-refractivity contribution in [1.29, 1.82) is 0 Å². The second kappa shape index (κ2) is 6.21. The summed E-state index contributed by atoms with van der Waals surface area (Å²) in [5, 5.41) is 2.80. The highest BCUT2D eigenvalue weighted by molar-refractivity contribution is 5.84. The summed E-state index contributed by atoms with van der Waals surface area (Å²) in [5.74, 6) is -0.721. The number of nitrogens with zero attached hydrogens (tertiary/aromatic N) is 2.